The maximum atomic E-state index is 12.1. The molecule has 0 fully saturated rings. The van der Waals surface area contributed by atoms with E-state index < -0.39 is 0 Å². The summed E-state index contributed by atoms with van der Waals surface area (Å²) < 4.78 is 5.30. The lowest BCUT2D eigenvalue weighted by molar-refractivity contribution is -0.118. The Morgan fingerprint density at radius 2 is 2.27 bits per heavy atom. The Labute approximate surface area is 127 Å². The smallest absolute Gasteiger partial charge is 0.262 e. The molecule has 1 aromatic carbocycles. The Kier molecular flexibility index (Phi) is 4.00. The van der Waals surface area contributed by atoms with Gasteiger partial charge in [-0.1, -0.05) is 6.07 Å². The van der Waals surface area contributed by atoms with E-state index in [1.165, 1.54) is 0 Å². The summed E-state index contributed by atoms with van der Waals surface area (Å²) in [5.74, 6) is 0.146. The molecule has 3 rings (SSSR count). The fourth-order valence-electron chi connectivity index (χ4n) is 2.18. The lowest BCUT2D eigenvalue weighted by atomic mass is 10.1. The predicted octanol–water partition coefficient (Wildman–Crippen LogP) is 1.38. The minimum Gasteiger partial charge on any atom is -0.482 e. The normalized spacial score (nSPS) is 12.8. The van der Waals surface area contributed by atoms with Crippen LogP contribution in [-0.4, -0.2) is 29.9 Å². The number of aromatic nitrogens is 1. The van der Waals surface area contributed by atoms with Gasteiger partial charge in [0.2, 0.25) is 0 Å². The number of hydrogen-bond acceptors (Lipinski definition) is 4. The number of rotatable bonds is 4. The molecular weight excluding hydrogens is 282 g/mol. The molecule has 0 saturated heterocycles. The molecule has 6 heteroatoms. The van der Waals surface area contributed by atoms with Crippen LogP contribution in [0.15, 0.2) is 42.7 Å². The zero-order valence-electron chi connectivity index (χ0n) is 11.8. The van der Waals surface area contributed by atoms with E-state index in [1.807, 2.05) is 12.1 Å². The van der Waals surface area contributed by atoms with Crippen LogP contribution >= 0.6 is 0 Å². The number of ether oxygens (including phenoxy) is 1. The minimum atomic E-state index is -0.193. The summed E-state index contributed by atoms with van der Waals surface area (Å²) in [6.45, 7) is 0.498. The van der Waals surface area contributed by atoms with Crippen molar-refractivity contribution in [1.82, 2.24) is 10.3 Å². The highest BCUT2D eigenvalue weighted by Crippen LogP contribution is 2.28. The third-order valence-corrected chi connectivity index (χ3v) is 3.30. The van der Waals surface area contributed by atoms with Crippen LogP contribution in [0.1, 0.15) is 15.9 Å². The van der Waals surface area contributed by atoms with Gasteiger partial charge in [0.25, 0.3) is 11.8 Å². The molecule has 0 saturated carbocycles. The Hall–Kier alpha value is -2.89. The van der Waals surface area contributed by atoms with Gasteiger partial charge in [0.05, 0.1) is 5.69 Å². The van der Waals surface area contributed by atoms with Crippen LogP contribution in [0.25, 0.3) is 0 Å². The topological polar surface area (TPSA) is 80.3 Å². The van der Waals surface area contributed by atoms with Gasteiger partial charge in [-0.3, -0.25) is 14.6 Å². The van der Waals surface area contributed by atoms with Gasteiger partial charge in [-0.25, -0.2) is 0 Å². The Morgan fingerprint density at radius 3 is 3.09 bits per heavy atom. The van der Waals surface area contributed by atoms with Crippen molar-refractivity contribution in [2.75, 3.05) is 18.5 Å². The molecule has 22 heavy (non-hydrogen) atoms. The zero-order chi connectivity index (χ0) is 15.4. The maximum Gasteiger partial charge on any atom is 0.262 e. The summed E-state index contributed by atoms with van der Waals surface area (Å²) in [5, 5.41) is 5.54. The molecule has 0 atom stereocenters. The van der Waals surface area contributed by atoms with E-state index in [0.717, 1.165) is 12.0 Å². The lowest BCUT2D eigenvalue weighted by Gasteiger charge is -2.18. The molecule has 2 amide bonds. The van der Waals surface area contributed by atoms with E-state index in [1.54, 1.807) is 30.6 Å². The fraction of sp³-hybridized carbons (Fsp3) is 0.188. The van der Waals surface area contributed by atoms with Crippen LogP contribution in [0.2, 0.25) is 0 Å². The van der Waals surface area contributed by atoms with Crippen molar-refractivity contribution in [2.24, 2.45) is 0 Å². The lowest BCUT2D eigenvalue weighted by Crippen LogP contribution is -2.27. The van der Waals surface area contributed by atoms with Crippen LogP contribution < -0.4 is 15.4 Å². The van der Waals surface area contributed by atoms with Crippen molar-refractivity contribution < 1.29 is 14.3 Å². The van der Waals surface area contributed by atoms with Crippen molar-refractivity contribution in [3.8, 4) is 5.75 Å². The fourth-order valence-corrected chi connectivity index (χ4v) is 2.18. The van der Waals surface area contributed by atoms with Crippen LogP contribution in [0, 0.1) is 0 Å². The van der Waals surface area contributed by atoms with Gasteiger partial charge in [-0.15, -0.1) is 0 Å². The molecule has 0 unspecified atom stereocenters. The molecule has 6 nitrogen and oxygen atoms in total. The number of benzene rings is 1. The van der Waals surface area contributed by atoms with Crippen molar-refractivity contribution in [1.29, 1.82) is 0 Å². The third kappa shape index (κ3) is 3.22. The number of pyridine rings is 1. The number of nitrogens with one attached hydrogen (secondary N) is 2. The van der Waals surface area contributed by atoms with Crippen molar-refractivity contribution in [3.63, 3.8) is 0 Å². The third-order valence-electron chi connectivity index (χ3n) is 3.30. The second kappa shape index (κ2) is 6.26. The van der Waals surface area contributed by atoms with Crippen LogP contribution in [0.3, 0.4) is 0 Å². The number of carbonyl (C=O) groups excluding carboxylic acids is 2. The highest BCUT2D eigenvalue weighted by atomic mass is 16.5. The first-order valence-corrected chi connectivity index (χ1v) is 6.96. The molecule has 2 heterocycles. The first kappa shape index (κ1) is 14.1. The standard InChI is InChI=1S/C16H15N3O3/c20-15-10-22-14-8-12(3-4-13(14)19-15)16(21)18-7-5-11-2-1-6-17-9-11/h1-4,6,8-9H,5,7,10H2,(H,18,21)(H,19,20). The summed E-state index contributed by atoms with van der Waals surface area (Å²) in [6, 6.07) is 8.80. The van der Waals surface area contributed by atoms with Crippen LogP contribution in [-0.2, 0) is 11.2 Å². The SMILES string of the molecule is O=C1COc2cc(C(=O)NCCc3cccnc3)ccc2N1. The van der Waals surface area contributed by atoms with Crippen molar-refractivity contribution in [3.05, 3.63) is 53.9 Å². The summed E-state index contributed by atoms with van der Waals surface area (Å²) in [7, 11) is 0. The Balaban J connectivity index is 1.59. The largest absolute Gasteiger partial charge is 0.482 e. The highest BCUT2D eigenvalue weighted by molar-refractivity contribution is 5.98. The van der Waals surface area contributed by atoms with Gasteiger partial charge in [0.15, 0.2) is 6.61 Å². The molecule has 1 aliphatic rings. The number of carbonyl (C=O) groups is 2. The molecule has 0 aliphatic carbocycles. The quantitative estimate of drug-likeness (QED) is 0.893. The second-order valence-corrected chi connectivity index (χ2v) is 4.91. The van der Waals surface area contributed by atoms with Gasteiger partial charge in [-0.2, -0.15) is 0 Å². The first-order valence-electron chi connectivity index (χ1n) is 6.96. The maximum absolute atomic E-state index is 12.1. The average Bonchev–Trinajstić information content (AvgIpc) is 2.55. The minimum absolute atomic E-state index is 0.0287. The van der Waals surface area contributed by atoms with Gasteiger partial charge in [0, 0.05) is 24.5 Å². The van der Waals surface area contributed by atoms with Gasteiger partial charge in [-0.05, 0) is 36.2 Å². The number of hydrogen-bond donors (Lipinski definition) is 2. The van der Waals surface area contributed by atoms with Crippen LogP contribution in [0.4, 0.5) is 5.69 Å². The number of nitrogens with zero attached hydrogens (tertiary/aromatic N) is 1. The van der Waals surface area contributed by atoms with Crippen LogP contribution in [0.5, 0.6) is 5.75 Å². The van der Waals surface area contributed by atoms with Gasteiger partial charge < -0.3 is 15.4 Å². The first-order chi connectivity index (χ1) is 10.7. The molecule has 1 aliphatic heterocycles. The summed E-state index contributed by atoms with van der Waals surface area (Å²) in [5.41, 5.74) is 2.16. The molecule has 0 spiro atoms. The Morgan fingerprint density at radius 1 is 1.36 bits per heavy atom. The van der Waals surface area contributed by atoms with E-state index in [9.17, 15) is 9.59 Å². The molecule has 0 bridgehead atoms. The molecule has 2 aromatic rings. The predicted molar refractivity (Wildman–Crippen MR) is 80.8 cm³/mol. The number of amides is 2. The van der Waals surface area contributed by atoms with Gasteiger partial charge >= 0.3 is 0 Å². The number of fused-ring (bicyclic) bond motifs is 1. The molecule has 112 valence electrons. The van der Waals surface area contributed by atoms with E-state index in [0.29, 0.717) is 23.5 Å². The molecule has 0 radical (unpaired) electrons. The summed E-state index contributed by atoms with van der Waals surface area (Å²) in [4.78, 5) is 27.3. The highest BCUT2D eigenvalue weighted by Gasteiger charge is 2.17. The van der Waals surface area contributed by atoms with Crippen molar-refractivity contribution in [2.45, 2.75) is 6.42 Å². The van der Waals surface area contributed by atoms with E-state index in [4.69, 9.17) is 4.74 Å². The van der Waals surface area contributed by atoms with Gasteiger partial charge in [0.1, 0.15) is 5.75 Å². The summed E-state index contributed by atoms with van der Waals surface area (Å²) >= 11 is 0. The summed E-state index contributed by atoms with van der Waals surface area (Å²) in [6.07, 6.45) is 4.21. The molecular formula is C16H15N3O3. The van der Waals surface area contributed by atoms with E-state index in [-0.39, 0.29) is 18.4 Å². The zero-order valence-corrected chi connectivity index (χ0v) is 11.8. The van der Waals surface area contributed by atoms with E-state index >= 15 is 0 Å². The average molecular weight is 297 g/mol. The monoisotopic (exact) mass is 297 g/mol. The Bertz CT molecular complexity index is 701. The number of anilines is 1. The molecule has 1 aromatic heterocycles. The van der Waals surface area contributed by atoms with Crippen molar-refractivity contribution >= 4 is 17.5 Å². The second-order valence-electron chi connectivity index (χ2n) is 4.91. The van der Waals surface area contributed by atoms with E-state index in [2.05, 4.69) is 15.6 Å². The molecule has 2 N–H and O–H groups in total.